The van der Waals surface area contributed by atoms with Gasteiger partial charge in [0.2, 0.25) is 0 Å². The van der Waals surface area contributed by atoms with Crippen LogP contribution in [0.2, 0.25) is 0 Å². The molecule has 0 saturated heterocycles. The number of ether oxygens (including phenoxy) is 1. The van der Waals surface area contributed by atoms with Gasteiger partial charge in [0.25, 0.3) is 5.91 Å². The summed E-state index contributed by atoms with van der Waals surface area (Å²) in [5, 5.41) is 3.70. The van der Waals surface area contributed by atoms with E-state index in [-0.39, 0.29) is 18.3 Å². The van der Waals surface area contributed by atoms with Gasteiger partial charge in [0.05, 0.1) is 11.1 Å². The van der Waals surface area contributed by atoms with Crippen molar-refractivity contribution < 1.29 is 14.3 Å². The quantitative estimate of drug-likeness (QED) is 0.119. The number of thiophene rings is 1. The van der Waals surface area contributed by atoms with E-state index >= 15 is 0 Å². The molecule has 0 atom stereocenters. The Bertz CT molecular complexity index is 1470. The Labute approximate surface area is 229 Å². The molecule has 5 rings (SSSR count). The second-order valence-corrected chi connectivity index (χ2v) is 10.4. The lowest BCUT2D eigenvalue weighted by Crippen LogP contribution is -2.34. The lowest BCUT2D eigenvalue weighted by molar-refractivity contribution is -0.150. The molecule has 0 fully saturated rings. The SMILES string of the molecule is O=C(CSc1ncnc2scc(-c3ccccc3)c12)OCC(=O)N(Cc1ccccc1)Cc1ccccc1. The minimum Gasteiger partial charge on any atom is -0.455 e. The zero-order valence-corrected chi connectivity index (χ0v) is 22.2. The molecule has 0 radical (unpaired) electrons. The van der Waals surface area contributed by atoms with Crippen LogP contribution in [0.1, 0.15) is 11.1 Å². The Morgan fingerprint density at radius 2 is 1.42 bits per heavy atom. The fourth-order valence-corrected chi connectivity index (χ4v) is 5.82. The van der Waals surface area contributed by atoms with Crippen molar-refractivity contribution >= 4 is 45.2 Å². The number of thioether (sulfide) groups is 1. The first kappa shape index (κ1) is 25.6. The maximum absolute atomic E-state index is 13.1. The van der Waals surface area contributed by atoms with Crippen LogP contribution in [-0.4, -0.2) is 39.1 Å². The van der Waals surface area contributed by atoms with Gasteiger partial charge < -0.3 is 9.64 Å². The van der Waals surface area contributed by atoms with Crippen LogP contribution >= 0.6 is 23.1 Å². The summed E-state index contributed by atoms with van der Waals surface area (Å²) in [5.41, 5.74) is 4.13. The predicted molar refractivity (Wildman–Crippen MR) is 152 cm³/mol. The number of hydrogen-bond donors (Lipinski definition) is 0. The maximum Gasteiger partial charge on any atom is 0.316 e. The molecule has 0 aliphatic heterocycles. The molecule has 0 unspecified atom stereocenters. The normalized spacial score (nSPS) is 10.8. The van der Waals surface area contributed by atoms with Gasteiger partial charge in [-0.3, -0.25) is 9.59 Å². The average molecular weight is 540 g/mol. The molecule has 3 aromatic carbocycles. The monoisotopic (exact) mass is 539 g/mol. The van der Waals surface area contributed by atoms with Gasteiger partial charge in [0, 0.05) is 24.0 Å². The largest absolute Gasteiger partial charge is 0.455 e. The van der Waals surface area contributed by atoms with Gasteiger partial charge >= 0.3 is 5.97 Å². The third-order valence-electron chi connectivity index (χ3n) is 5.89. The highest BCUT2D eigenvalue weighted by Crippen LogP contribution is 2.37. The van der Waals surface area contributed by atoms with E-state index in [2.05, 4.69) is 15.3 Å². The summed E-state index contributed by atoms with van der Waals surface area (Å²) >= 11 is 2.84. The number of carbonyl (C=O) groups is 2. The van der Waals surface area contributed by atoms with Crippen LogP contribution < -0.4 is 0 Å². The molecule has 5 aromatic rings. The number of benzene rings is 3. The fraction of sp³-hybridized carbons (Fsp3) is 0.133. The number of aromatic nitrogens is 2. The van der Waals surface area contributed by atoms with Crippen LogP contribution in [0.4, 0.5) is 0 Å². The van der Waals surface area contributed by atoms with Crippen molar-refractivity contribution in [3.63, 3.8) is 0 Å². The second kappa shape index (κ2) is 12.5. The van der Waals surface area contributed by atoms with Crippen LogP contribution in [-0.2, 0) is 27.4 Å². The van der Waals surface area contributed by atoms with Crippen molar-refractivity contribution in [2.75, 3.05) is 12.4 Å². The fourth-order valence-electron chi connectivity index (χ4n) is 4.03. The Morgan fingerprint density at radius 3 is 2.05 bits per heavy atom. The van der Waals surface area contributed by atoms with Crippen molar-refractivity contribution in [1.82, 2.24) is 14.9 Å². The molecule has 38 heavy (non-hydrogen) atoms. The lowest BCUT2D eigenvalue weighted by atomic mass is 10.1. The first-order valence-corrected chi connectivity index (χ1v) is 14.0. The lowest BCUT2D eigenvalue weighted by Gasteiger charge is -2.23. The molecule has 0 aliphatic rings. The van der Waals surface area contributed by atoms with Gasteiger partial charge in [-0.25, -0.2) is 9.97 Å². The summed E-state index contributed by atoms with van der Waals surface area (Å²) in [7, 11) is 0. The summed E-state index contributed by atoms with van der Waals surface area (Å²) in [5.74, 6) is -0.670. The minimum absolute atomic E-state index is 0.0425. The van der Waals surface area contributed by atoms with Crippen LogP contribution in [0.5, 0.6) is 0 Å². The van der Waals surface area contributed by atoms with Crippen LogP contribution in [0, 0.1) is 0 Å². The minimum atomic E-state index is -0.467. The number of nitrogens with zero attached hydrogens (tertiary/aromatic N) is 3. The van der Waals surface area contributed by atoms with E-state index < -0.39 is 5.97 Å². The highest BCUT2D eigenvalue weighted by molar-refractivity contribution is 8.00. The van der Waals surface area contributed by atoms with E-state index in [1.54, 1.807) is 16.2 Å². The molecule has 0 saturated carbocycles. The van der Waals surface area contributed by atoms with Crippen LogP contribution in [0.3, 0.4) is 0 Å². The van der Waals surface area contributed by atoms with Gasteiger partial charge in [-0.1, -0.05) is 103 Å². The average Bonchev–Trinajstić information content (AvgIpc) is 3.41. The summed E-state index contributed by atoms with van der Waals surface area (Å²) in [6.45, 7) is 0.548. The Morgan fingerprint density at radius 1 is 0.816 bits per heavy atom. The van der Waals surface area contributed by atoms with Gasteiger partial charge in [0.15, 0.2) is 6.61 Å². The van der Waals surface area contributed by atoms with Gasteiger partial charge in [0.1, 0.15) is 16.2 Å². The summed E-state index contributed by atoms with van der Waals surface area (Å²) in [6.07, 6.45) is 1.51. The number of carbonyl (C=O) groups excluding carboxylic acids is 2. The number of esters is 1. The number of rotatable bonds is 10. The molecule has 2 aromatic heterocycles. The molecule has 0 N–H and O–H groups in total. The topological polar surface area (TPSA) is 72.4 Å². The molecule has 6 nitrogen and oxygen atoms in total. The van der Waals surface area contributed by atoms with E-state index in [9.17, 15) is 9.59 Å². The first-order chi connectivity index (χ1) is 18.7. The molecule has 8 heteroatoms. The van der Waals surface area contributed by atoms with E-state index in [0.717, 1.165) is 32.5 Å². The predicted octanol–water partition coefficient (Wildman–Crippen LogP) is 6.22. The van der Waals surface area contributed by atoms with Gasteiger partial charge in [-0.15, -0.1) is 11.3 Å². The maximum atomic E-state index is 13.1. The summed E-state index contributed by atoms with van der Waals surface area (Å²) in [6, 6.07) is 29.6. The van der Waals surface area contributed by atoms with Gasteiger partial charge in [-0.2, -0.15) is 0 Å². The third-order valence-corrected chi connectivity index (χ3v) is 7.74. The Balaban J connectivity index is 1.22. The first-order valence-electron chi connectivity index (χ1n) is 12.1. The molecule has 2 heterocycles. The Hall–Kier alpha value is -4.01. The third kappa shape index (κ3) is 6.45. The zero-order valence-electron chi connectivity index (χ0n) is 20.5. The highest BCUT2D eigenvalue weighted by atomic mass is 32.2. The van der Waals surface area contributed by atoms with E-state index in [0.29, 0.717) is 18.1 Å². The van der Waals surface area contributed by atoms with Crippen LogP contribution in [0.15, 0.2) is 108 Å². The Kier molecular flexibility index (Phi) is 8.42. The van der Waals surface area contributed by atoms with Crippen LogP contribution in [0.25, 0.3) is 21.3 Å². The molecular formula is C30H25N3O3S2. The number of amides is 1. The van der Waals surface area contributed by atoms with E-state index in [4.69, 9.17) is 4.74 Å². The molecule has 1 amide bonds. The molecule has 190 valence electrons. The van der Waals surface area contributed by atoms with Crippen molar-refractivity contribution in [2.45, 2.75) is 18.1 Å². The molecular weight excluding hydrogens is 514 g/mol. The number of fused-ring (bicyclic) bond motifs is 1. The molecule has 0 aliphatic carbocycles. The second-order valence-electron chi connectivity index (χ2n) is 8.54. The van der Waals surface area contributed by atoms with E-state index in [1.165, 1.54) is 18.1 Å². The van der Waals surface area contributed by atoms with Crippen molar-refractivity contribution in [1.29, 1.82) is 0 Å². The molecule has 0 spiro atoms. The summed E-state index contributed by atoms with van der Waals surface area (Å²) < 4.78 is 5.40. The molecule has 0 bridgehead atoms. The zero-order chi connectivity index (χ0) is 26.2. The van der Waals surface area contributed by atoms with Crippen molar-refractivity contribution in [3.8, 4) is 11.1 Å². The standard InChI is InChI=1S/C30H25N3O3S2/c34-26(33(16-22-10-4-1-5-11-22)17-23-12-6-2-7-13-23)18-36-27(35)20-38-30-28-25(24-14-8-3-9-15-24)19-37-29(28)31-21-32-30/h1-15,19,21H,16-18,20H2. The van der Waals surface area contributed by atoms with Gasteiger partial charge in [-0.05, 0) is 16.7 Å². The number of hydrogen-bond acceptors (Lipinski definition) is 7. The van der Waals surface area contributed by atoms with E-state index in [1.807, 2.05) is 91.0 Å². The summed E-state index contributed by atoms with van der Waals surface area (Å²) in [4.78, 5) is 37.1. The van der Waals surface area contributed by atoms with Crippen molar-refractivity contribution in [2.24, 2.45) is 0 Å². The highest BCUT2D eigenvalue weighted by Gasteiger charge is 2.19. The van der Waals surface area contributed by atoms with Crippen molar-refractivity contribution in [3.05, 3.63) is 114 Å². The smallest absolute Gasteiger partial charge is 0.316 e.